The smallest absolute Gasteiger partial charge is 0.251 e. The van der Waals surface area contributed by atoms with Gasteiger partial charge in [-0.3, -0.25) is 14.5 Å². The fourth-order valence-electron chi connectivity index (χ4n) is 6.60. The number of nitrogens with zero attached hydrogens (tertiary/aromatic N) is 2. The number of rotatable bonds is 9. The Morgan fingerprint density at radius 3 is 2.45 bits per heavy atom. The minimum atomic E-state index is -0.212. The van der Waals surface area contributed by atoms with Crippen LogP contribution in [0, 0.1) is 18.8 Å². The topological polar surface area (TPSA) is 73.9 Å². The molecule has 40 heavy (non-hydrogen) atoms. The van der Waals surface area contributed by atoms with Gasteiger partial charge in [-0.2, -0.15) is 0 Å². The standard InChI is InChI=1S/C33H46N4O3/c1-5-37(28-11-15-40-16-12-28)31-19-27(26-9-7-25(8-10-26)21-36-13-6-14-36)18-29(24(31)4)32(38)34-20-30-22(2)17-23(3)35-33(30)39/h7-10,18-19,22-23,28,30H,5-6,11-17,20-21H2,1-4H3,(H,34,38)(H,35,39). The molecule has 0 aliphatic carbocycles. The Bertz CT molecular complexity index is 1190. The molecule has 3 aliphatic rings. The lowest BCUT2D eigenvalue weighted by molar-refractivity contribution is -0.129. The van der Waals surface area contributed by atoms with E-state index in [1.807, 2.05) is 13.0 Å². The average molecular weight is 547 g/mol. The first-order chi connectivity index (χ1) is 19.3. The monoisotopic (exact) mass is 546 g/mol. The van der Waals surface area contributed by atoms with E-state index in [9.17, 15) is 9.59 Å². The summed E-state index contributed by atoms with van der Waals surface area (Å²) in [6, 6.07) is 13.7. The number of anilines is 1. The van der Waals surface area contributed by atoms with Crippen LogP contribution in [0.2, 0.25) is 0 Å². The molecule has 2 amide bonds. The Hall–Kier alpha value is -2.90. The largest absolute Gasteiger partial charge is 0.381 e. The van der Waals surface area contributed by atoms with Crippen LogP contribution in [0.1, 0.15) is 67.9 Å². The van der Waals surface area contributed by atoms with Gasteiger partial charge in [-0.05, 0) is 99.8 Å². The third-order valence-corrected chi connectivity index (χ3v) is 9.17. The molecule has 2 aromatic rings. The average Bonchev–Trinajstić information content (AvgIpc) is 2.92. The van der Waals surface area contributed by atoms with Gasteiger partial charge in [0.15, 0.2) is 0 Å². The van der Waals surface area contributed by atoms with Crippen molar-refractivity contribution >= 4 is 17.5 Å². The molecule has 216 valence electrons. The predicted molar refractivity (Wildman–Crippen MR) is 161 cm³/mol. The highest BCUT2D eigenvalue weighted by molar-refractivity contribution is 5.99. The first kappa shape index (κ1) is 28.6. The van der Waals surface area contributed by atoms with E-state index in [2.05, 4.69) is 71.5 Å². The molecule has 3 aliphatic heterocycles. The van der Waals surface area contributed by atoms with Crippen molar-refractivity contribution in [2.45, 2.75) is 72.0 Å². The van der Waals surface area contributed by atoms with Crippen LogP contribution < -0.4 is 15.5 Å². The number of nitrogens with one attached hydrogen (secondary N) is 2. The van der Waals surface area contributed by atoms with Crippen LogP contribution in [-0.4, -0.2) is 68.2 Å². The summed E-state index contributed by atoms with van der Waals surface area (Å²) in [5.74, 6) is -0.0632. The van der Waals surface area contributed by atoms with Gasteiger partial charge in [0.05, 0.1) is 5.92 Å². The summed E-state index contributed by atoms with van der Waals surface area (Å²) in [6.45, 7) is 14.5. The molecule has 0 spiro atoms. The van der Waals surface area contributed by atoms with Crippen molar-refractivity contribution in [3.05, 3.63) is 53.1 Å². The van der Waals surface area contributed by atoms with Crippen molar-refractivity contribution in [1.82, 2.24) is 15.5 Å². The summed E-state index contributed by atoms with van der Waals surface area (Å²) < 4.78 is 5.65. The highest BCUT2D eigenvalue weighted by Gasteiger charge is 2.33. The van der Waals surface area contributed by atoms with Crippen molar-refractivity contribution in [3.8, 4) is 11.1 Å². The number of amides is 2. The Kier molecular flexibility index (Phi) is 9.11. The van der Waals surface area contributed by atoms with Crippen LogP contribution in [0.3, 0.4) is 0 Å². The van der Waals surface area contributed by atoms with Gasteiger partial charge < -0.3 is 20.3 Å². The molecule has 0 saturated carbocycles. The molecule has 3 atom stereocenters. The van der Waals surface area contributed by atoms with Gasteiger partial charge in [0.1, 0.15) is 0 Å². The zero-order chi connectivity index (χ0) is 28.2. The zero-order valence-corrected chi connectivity index (χ0v) is 24.7. The first-order valence-corrected chi connectivity index (χ1v) is 15.2. The van der Waals surface area contributed by atoms with E-state index in [0.29, 0.717) is 18.2 Å². The summed E-state index contributed by atoms with van der Waals surface area (Å²) in [7, 11) is 0. The number of hydrogen-bond acceptors (Lipinski definition) is 5. The molecule has 3 saturated heterocycles. The quantitative estimate of drug-likeness (QED) is 0.474. The highest BCUT2D eigenvalue weighted by atomic mass is 16.5. The Balaban J connectivity index is 1.44. The van der Waals surface area contributed by atoms with Crippen LogP contribution in [-0.2, 0) is 16.1 Å². The van der Waals surface area contributed by atoms with Crippen molar-refractivity contribution in [1.29, 1.82) is 0 Å². The van der Waals surface area contributed by atoms with Gasteiger partial charge in [-0.1, -0.05) is 31.2 Å². The maximum Gasteiger partial charge on any atom is 0.251 e. The molecule has 3 unspecified atom stereocenters. The van der Waals surface area contributed by atoms with Crippen LogP contribution in [0.5, 0.6) is 0 Å². The fourth-order valence-corrected chi connectivity index (χ4v) is 6.60. The molecule has 2 N–H and O–H groups in total. The van der Waals surface area contributed by atoms with Gasteiger partial charge in [-0.15, -0.1) is 0 Å². The van der Waals surface area contributed by atoms with E-state index in [0.717, 1.165) is 67.9 Å². The van der Waals surface area contributed by atoms with E-state index in [1.54, 1.807) is 0 Å². The Morgan fingerprint density at radius 2 is 1.82 bits per heavy atom. The minimum Gasteiger partial charge on any atom is -0.381 e. The summed E-state index contributed by atoms with van der Waals surface area (Å²) >= 11 is 0. The number of carbonyl (C=O) groups is 2. The van der Waals surface area contributed by atoms with E-state index >= 15 is 0 Å². The van der Waals surface area contributed by atoms with Crippen molar-refractivity contribution in [3.63, 3.8) is 0 Å². The van der Waals surface area contributed by atoms with E-state index in [1.165, 1.54) is 25.1 Å². The zero-order valence-electron chi connectivity index (χ0n) is 24.7. The number of carbonyl (C=O) groups excluding carboxylic acids is 2. The highest BCUT2D eigenvalue weighted by Crippen LogP contribution is 2.34. The molecule has 5 rings (SSSR count). The molecule has 0 bridgehead atoms. The lowest BCUT2D eigenvalue weighted by Crippen LogP contribution is -2.50. The van der Waals surface area contributed by atoms with Gasteiger partial charge in [-0.25, -0.2) is 0 Å². The maximum atomic E-state index is 13.7. The SMILES string of the molecule is CCN(c1cc(-c2ccc(CN3CCC3)cc2)cc(C(=O)NCC2C(=O)NC(C)CC2C)c1C)C1CCOCC1. The van der Waals surface area contributed by atoms with Crippen molar-refractivity contribution in [2.24, 2.45) is 11.8 Å². The Morgan fingerprint density at radius 1 is 1.10 bits per heavy atom. The molecule has 7 nitrogen and oxygen atoms in total. The third kappa shape index (κ3) is 6.36. The maximum absolute atomic E-state index is 13.7. The summed E-state index contributed by atoms with van der Waals surface area (Å²) in [5, 5.41) is 6.17. The second kappa shape index (κ2) is 12.7. The summed E-state index contributed by atoms with van der Waals surface area (Å²) in [4.78, 5) is 31.3. The van der Waals surface area contributed by atoms with Gasteiger partial charge in [0, 0.05) is 56.2 Å². The molecule has 3 heterocycles. The Labute approximate surface area is 239 Å². The van der Waals surface area contributed by atoms with Crippen LogP contribution in [0.15, 0.2) is 36.4 Å². The van der Waals surface area contributed by atoms with Crippen LogP contribution in [0.25, 0.3) is 11.1 Å². The van der Waals surface area contributed by atoms with Gasteiger partial charge in [0.2, 0.25) is 5.91 Å². The number of ether oxygens (including phenoxy) is 1. The van der Waals surface area contributed by atoms with Crippen LogP contribution in [0.4, 0.5) is 5.69 Å². The van der Waals surface area contributed by atoms with Crippen LogP contribution >= 0.6 is 0 Å². The molecule has 0 aromatic heterocycles. The summed E-state index contributed by atoms with van der Waals surface area (Å²) in [5.41, 5.74) is 6.25. The van der Waals surface area contributed by atoms with E-state index < -0.39 is 0 Å². The molecule has 0 radical (unpaired) electrons. The van der Waals surface area contributed by atoms with Gasteiger partial charge in [0.25, 0.3) is 5.91 Å². The second-order valence-electron chi connectivity index (χ2n) is 12.1. The van der Waals surface area contributed by atoms with E-state index in [4.69, 9.17) is 4.74 Å². The molecular formula is C33H46N4O3. The minimum absolute atomic E-state index is 0.0349. The number of hydrogen-bond donors (Lipinski definition) is 2. The molecule has 2 aromatic carbocycles. The lowest BCUT2D eigenvalue weighted by Gasteiger charge is -2.37. The molecule has 3 fully saturated rings. The first-order valence-electron chi connectivity index (χ1n) is 15.2. The molecule has 7 heteroatoms. The lowest BCUT2D eigenvalue weighted by atomic mass is 9.84. The molecular weight excluding hydrogens is 500 g/mol. The normalized spacial score (nSPS) is 23.8. The van der Waals surface area contributed by atoms with Gasteiger partial charge >= 0.3 is 0 Å². The van der Waals surface area contributed by atoms with Crippen molar-refractivity contribution < 1.29 is 14.3 Å². The second-order valence-corrected chi connectivity index (χ2v) is 12.1. The predicted octanol–water partition coefficient (Wildman–Crippen LogP) is 4.76. The number of likely N-dealkylation sites (tertiary alicyclic amines) is 1. The fraction of sp³-hybridized carbons (Fsp3) is 0.576. The van der Waals surface area contributed by atoms with E-state index in [-0.39, 0.29) is 29.7 Å². The number of piperidine rings is 1. The third-order valence-electron chi connectivity index (χ3n) is 9.17. The summed E-state index contributed by atoms with van der Waals surface area (Å²) in [6.07, 6.45) is 4.18. The van der Waals surface area contributed by atoms with Crippen molar-refractivity contribution in [2.75, 3.05) is 44.3 Å². The number of benzene rings is 2.